The molecule has 1 aromatic heterocycles. The molecule has 0 N–H and O–H groups in total. The van der Waals surface area contributed by atoms with Gasteiger partial charge in [0.1, 0.15) is 6.07 Å². The first-order chi connectivity index (χ1) is 13.2. The van der Waals surface area contributed by atoms with Crippen LogP contribution in [0.15, 0.2) is 21.6 Å². The number of nitriles is 1. The first-order valence-electron chi connectivity index (χ1n) is 9.07. The summed E-state index contributed by atoms with van der Waals surface area (Å²) in [6.07, 6.45) is -0.266. The van der Waals surface area contributed by atoms with E-state index >= 15 is 0 Å². The predicted molar refractivity (Wildman–Crippen MR) is 96.5 cm³/mol. The molecule has 0 aliphatic carbocycles. The van der Waals surface area contributed by atoms with Crippen molar-refractivity contribution < 1.29 is 31.9 Å². The first kappa shape index (κ1) is 21.9. The number of rotatable bonds is 7. The van der Waals surface area contributed by atoms with Crippen LogP contribution in [0.2, 0.25) is 0 Å². The summed E-state index contributed by atoms with van der Waals surface area (Å²) >= 11 is 0. The quantitative estimate of drug-likeness (QED) is 0.622. The average molecular weight is 412 g/mol. The average Bonchev–Trinajstić information content (AvgIpc) is 3.17. The Bertz CT molecular complexity index is 846. The van der Waals surface area contributed by atoms with Gasteiger partial charge in [-0.3, -0.25) is 4.79 Å². The maximum atomic E-state index is 12.7. The van der Waals surface area contributed by atoms with Gasteiger partial charge in [0.15, 0.2) is 6.10 Å². The topological polar surface area (TPSA) is 127 Å². The Kier molecular flexibility index (Phi) is 7.21. The SMILES string of the molecule is CCOC(=O)c1ccc(S(=O)(=O)N2CCC(C(=O)OC(C#N)C(C)C)CC2)o1. The van der Waals surface area contributed by atoms with E-state index in [9.17, 15) is 18.0 Å². The second-order valence-electron chi connectivity index (χ2n) is 6.75. The molecule has 28 heavy (non-hydrogen) atoms. The van der Waals surface area contributed by atoms with Gasteiger partial charge in [-0.1, -0.05) is 13.8 Å². The molecule has 2 heterocycles. The van der Waals surface area contributed by atoms with Crippen LogP contribution in [0.5, 0.6) is 0 Å². The molecule has 9 nitrogen and oxygen atoms in total. The van der Waals surface area contributed by atoms with Gasteiger partial charge in [-0.05, 0) is 31.9 Å². The molecule has 1 unspecified atom stereocenters. The fraction of sp³-hybridized carbons (Fsp3) is 0.611. The van der Waals surface area contributed by atoms with Crippen LogP contribution >= 0.6 is 0 Å². The molecule has 1 saturated heterocycles. The molecular formula is C18H24N2O7S. The summed E-state index contributed by atoms with van der Waals surface area (Å²) < 4.78 is 41.7. The molecule has 154 valence electrons. The number of ether oxygens (including phenoxy) is 2. The van der Waals surface area contributed by atoms with Crippen molar-refractivity contribution in [3.05, 3.63) is 17.9 Å². The molecule has 0 radical (unpaired) electrons. The van der Waals surface area contributed by atoms with E-state index in [-0.39, 0.29) is 49.3 Å². The van der Waals surface area contributed by atoms with Crippen LogP contribution in [0.4, 0.5) is 0 Å². The van der Waals surface area contributed by atoms with Crippen molar-refractivity contribution >= 4 is 22.0 Å². The van der Waals surface area contributed by atoms with E-state index < -0.39 is 34.0 Å². The van der Waals surface area contributed by atoms with Crippen molar-refractivity contribution in [3.63, 3.8) is 0 Å². The zero-order valence-electron chi connectivity index (χ0n) is 16.1. The Morgan fingerprint density at radius 3 is 2.50 bits per heavy atom. The number of carbonyl (C=O) groups excluding carboxylic acids is 2. The Morgan fingerprint density at radius 1 is 1.32 bits per heavy atom. The number of carbonyl (C=O) groups is 2. The molecule has 0 bridgehead atoms. The number of esters is 2. The van der Waals surface area contributed by atoms with E-state index in [0.717, 1.165) is 0 Å². The largest absolute Gasteiger partial charge is 0.460 e. The van der Waals surface area contributed by atoms with E-state index in [0.29, 0.717) is 0 Å². The van der Waals surface area contributed by atoms with Gasteiger partial charge in [0, 0.05) is 19.0 Å². The van der Waals surface area contributed by atoms with Crippen molar-refractivity contribution in [3.8, 4) is 6.07 Å². The molecule has 1 aliphatic rings. The van der Waals surface area contributed by atoms with Gasteiger partial charge < -0.3 is 13.9 Å². The smallest absolute Gasteiger partial charge is 0.374 e. The van der Waals surface area contributed by atoms with Gasteiger partial charge in [0.2, 0.25) is 10.9 Å². The Hall–Kier alpha value is -2.38. The third-order valence-corrected chi connectivity index (χ3v) is 6.19. The summed E-state index contributed by atoms with van der Waals surface area (Å²) in [6.45, 7) is 5.56. The van der Waals surface area contributed by atoms with Crippen LogP contribution in [0, 0.1) is 23.2 Å². The predicted octanol–water partition coefficient (Wildman–Crippen LogP) is 1.95. The lowest BCUT2D eigenvalue weighted by atomic mass is 9.98. The van der Waals surface area contributed by atoms with Crippen LogP contribution in [0.3, 0.4) is 0 Å². The van der Waals surface area contributed by atoms with Crippen molar-refractivity contribution in [2.45, 2.75) is 44.8 Å². The van der Waals surface area contributed by atoms with Gasteiger partial charge >= 0.3 is 11.9 Å². The van der Waals surface area contributed by atoms with Crippen LogP contribution in [-0.4, -0.2) is 50.5 Å². The molecule has 2 rings (SSSR count). The molecular weight excluding hydrogens is 388 g/mol. The monoisotopic (exact) mass is 412 g/mol. The van der Waals surface area contributed by atoms with Gasteiger partial charge in [-0.2, -0.15) is 9.57 Å². The van der Waals surface area contributed by atoms with Crippen LogP contribution in [0.1, 0.15) is 44.2 Å². The lowest BCUT2D eigenvalue weighted by Gasteiger charge is -2.30. The lowest BCUT2D eigenvalue weighted by molar-refractivity contribution is -0.154. The Balaban J connectivity index is 1.99. The molecule has 1 aliphatic heterocycles. The van der Waals surface area contributed by atoms with Crippen molar-refractivity contribution in [1.82, 2.24) is 4.31 Å². The van der Waals surface area contributed by atoms with Crippen LogP contribution < -0.4 is 0 Å². The minimum atomic E-state index is -3.93. The van der Waals surface area contributed by atoms with E-state index in [2.05, 4.69) is 0 Å². The Morgan fingerprint density at radius 2 is 1.96 bits per heavy atom. The Labute approximate surface area is 164 Å². The van der Waals surface area contributed by atoms with Crippen molar-refractivity contribution in [2.24, 2.45) is 11.8 Å². The van der Waals surface area contributed by atoms with Gasteiger partial charge in [0.25, 0.3) is 10.0 Å². The molecule has 10 heteroatoms. The van der Waals surface area contributed by atoms with E-state index in [1.165, 1.54) is 16.4 Å². The summed E-state index contributed by atoms with van der Waals surface area (Å²) in [5.41, 5.74) is 0. The molecule has 0 spiro atoms. The molecule has 1 atom stereocenters. The molecule has 0 saturated carbocycles. The normalized spacial score (nSPS) is 17.1. The molecule has 0 amide bonds. The van der Waals surface area contributed by atoms with Crippen LogP contribution in [0.25, 0.3) is 0 Å². The van der Waals surface area contributed by atoms with Crippen molar-refractivity contribution in [1.29, 1.82) is 5.26 Å². The summed E-state index contributed by atoms with van der Waals surface area (Å²) in [5, 5.41) is 8.69. The number of hydrogen-bond acceptors (Lipinski definition) is 8. The summed E-state index contributed by atoms with van der Waals surface area (Å²) in [5.74, 6) is -1.99. The summed E-state index contributed by atoms with van der Waals surface area (Å²) in [6, 6.07) is 4.41. The maximum Gasteiger partial charge on any atom is 0.374 e. The molecule has 1 aromatic rings. The zero-order valence-corrected chi connectivity index (χ0v) is 16.9. The number of nitrogens with zero attached hydrogens (tertiary/aromatic N) is 2. The minimum absolute atomic E-state index is 0.108. The number of furan rings is 1. The maximum absolute atomic E-state index is 12.7. The number of sulfonamides is 1. The van der Waals surface area contributed by atoms with E-state index in [4.69, 9.17) is 19.2 Å². The fourth-order valence-electron chi connectivity index (χ4n) is 2.76. The first-order valence-corrected chi connectivity index (χ1v) is 10.5. The highest BCUT2D eigenvalue weighted by atomic mass is 32.2. The molecule has 0 aromatic carbocycles. The van der Waals surface area contributed by atoms with E-state index in [1.807, 2.05) is 6.07 Å². The summed E-state index contributed by atoms with van der Waals surface area (Å²) in [7, 11) is -3.93. The summed E-state index contributed by atoms with van der Waals surface area (Å²) in [4.78, 5) is 23.9. The third-order valence-electron chi connectivity index (χ3n) is 4.42. The number of piperidine rings is 1. The van der Waals surface area contributed by atoms with Crippen molar-refractivity contribution in [2.75, 3.05) is 19.7 Å². The highest BCUT2D eigenvalue weighted by Gasteiger charge is 2.35. The standard InChI is InChI=1S/C18H24N2O7S/c1-4-25-18(22)14-5-6-16(26-14)28(23,24)20-9-7-13(8-10-20)17(21)27-15(11-19)12(2)3/h5-6,12-13,15H,4,7-10H2,1-3H3. The van der Waals surface area contributed by atoms with E-state index in [1.54, 1.807) is 20.8 Å². The fourth-order valence-corrected chi connectivity index (χ4v) is 4.14. The van der Waals surface area contributed by atoms with Gasteiger partial charge in [-0.25, -0.2) is 13.2 Å². The lowest BCUT2D eigenvalue weighted by Crippen LogP contribution is -2.41. The number of hydrogen-bond donors (Lipinski definition) is 0. The van der Waals surface area contributed by atoms with Crippen LogP contribution in [-0.2, 0) is 24.3 Å². The highest BCUT2D eigenvalue weighted by Crippen LogP contribution is 2.26. The van der Waals surface area contributed by atoms with Gasteiger partial charge in [0.05, 0.1) is 12.5 Å². The second kappa shape index (κ2) is 9.21. The zero-order chi connectivity index (χ0) is 20.9. The van der Waals surface area contributed by atoms with Gasteiger partial charge in [-0.15, -0.1) is 0 Å². The second-order valence-corrected chi connectivity index (χ2v) is 8.62. The highest BCUT2D eigenvalue weighted by molar-refractivity contribution is 7.89. The third kappa shape index (κ3) is 4.91. The minimum Gasteiger partial charge on any atom is -0.460 e. The molecule has 1 fully saturated rings.